The minimum atomic E-state index is 0.255. The summed E-state index contributed by atoms with van der Waals surface area (Å²) in [6, 6.07) is 35.1. The van der Waals surface area contributed by atoms with Gasteiger partial charge in [0.25, 0.3) is 0 Å². The molecule has 64 heavy (non-hydrogen) atoms. The van der Waals surface area contributed by atoms with E-state index in [4.69, 9.17) is 47.9 Å². The van der Waals surface area contributed by atoms with Gasteiger partial charge in [-0.3, -0.25) is 19.9 Å². The Kier molecular flexibility index (Phi) is 17.7. The Bertz CT molecular complexity index is 2160. The summed E-state index contributed by atoms with van der Waals surface area (Å²) in [7, 11) is 3.29. The van der Waals surface area contributed by atoms with E-state index in [-0.39, 0.29) is 13.2 Å². The average molecular weight is 865 g/mol. The molecule has 7 aromatic rings. The highest BCUT2D eigenvalue weighted by Crippen LogP contribution is 2.44. The molecule has 0 amide bonds. The van der Waals surface area contributed by atoms with Crippen molar-refractivity contribution in [1.82, 2.24) is 29.9 Å². The lowest BCUT2D eigenvalue weighted by Gasteiger charge is -2.20. The molecule has 0 N–H and O–H groups in total. The SMILES string of the molecule is COCCOCCOCCOc1cc(-c2cc(-c3ccccn3)nc(-c3ccccn3)c2)c(OCCOCCOCCOC)cc1-c1cc(-c2ccccn2)nc(-c2ccccn2)c1. The highest BCUT2D eigenvalue weighted by molar-refractivity contribution is 5.86. The second-order valence-corrected chi connectivity index (χ2v) is 14.1. The van der Waals surface area contributed by atoms with E-state index in [2.05, 4.69) is 19.9 Å². The van der Waals surface area contributed by atoms with Crippen molar-refractivity contribution in [1.29, 1.82) is 0 Å². The van der Waals surface area contributed by atoms with Crippen LogP contribution < -0.4 is 9.47 Å². The molecule has 1 aromatic carbocycles. The second-order valence-electron chi connectivity index (χ2n) is 14.1. The van der Waals surface area contributed by atoms with Crippen LogP contribution in [0.1, 0.15) is 0 Å². The van der Waals surface area contributed by atoms with Crippen molar-refractivity contribution in [2.75, 3.05) is 93.5 Å². The Morgan fingerprint density at radius 1 is 0.328 bits per heavy atom. The third kappa shape index (κ3) is 13.3. The molecule has 0 unspecified atom stereocenters. The molecule has 6 aromatic heterocycles. The highest BCUT2D eigenvalue weighted by atomic mass is 16.6. The van der Waals surface area contributed by atoms with Crippen LogP contribution in [0.5, 0.6) is 11.5 Å². The molecule has 14 nitrogen and oxygen atoms in total. The van der Waals surface area contributed by atoms with Crippen LogP contribution in [0.4, 0.5) is 0 Å². The smallest absolute Gasteiger partial charge is 0.128 e. The zero-order chi connectivity index (χ0) is 44.0. The first-order valence-corrected chi connectivity index (χ1v) is 21.1. The molecule has 0 bridgehead atoms. The molecule has 0 saturated carbocycles. The lowest BCUT2D eigenvalue weighted by Crippen LogP contribution is -2.13. The van der Waals surface area contributed by atoms with E-state index >= 15 is 0 Å². The van der Waals surface area contributed by atoms with Gasteiger partial charge in [0, 0.05) is 50.1 Å². The van der Waals surface area contributed by atoms with Gasteiger partial charge in [-0.15, -0.1) is 0 Å². The molecular weight excluding hydrogens is 813 g/mol. The van der Waals surface area contributed by atoms with E-state index in [1.165, 1.54) is 0 Å². The van der Waals surface area contributed by atoms with Gasteiger partial charge in [-0.05, 0) is 96.1 Å². The molecule has 0 aliphatic heterocycles. The third-order valence-corrected chi connectivity index (χ3v) is 9.64. The number of benzene rings is 1. The minimum Gasteiger partial charge on any atom is -0.491 e. The quantitative estimate of drug-likeness (QED) is 0.0481. The maximum Gasteiger partial charge on any atom is 0.128 e. The lowest BCUT2D eigenvalue weighted by molar-refractivity contribution is 0.0178. The van der Waals surface area contributed by atoms with Gasteiger partial charge < -0.3 is 37.9 Å². The minimum absolute atomic E-state index is 0.255. The summed E-state index contributed by atoms with van der Waals surface area (Å²) in [5.41, 5.74) is 8.67. The van der Waals surface area contributed by atoms with Crippen LogP contribution in [0.15, 0.2) is 134 Å². The monoisotopic (exact) mass is 864 g/mol. The largest absolute Gasteiger partial charge is 0.491 e. The molecule has 0 saturated heterocycles. The van der Waals surface area contributed by atoms with Crippen molar-refractivity contribution >= 4 is 0 Å². The number of aromatic nitrogens is 6. The fourth-order valence-corrected chi connectivity index (χ4v) is 6.55. The first kappa shape index (κ1) is 45.5. The average Bonchev–Trinajstić information content (AvgIpc) is 3.36. The lowest BCUT2D eigenvalue weighted by atomic mass is 9.95. The Morgan fingerprint density at radius 2 is 0.625 bits per heavy atom. The number of rotatable bonds is 26. The van der Waals surface area contributed by atoms with Crippen LogP contribution >= 0.6 is 0 Å². The van der Waals surface area contributed by atoms with Crippen molar-refractivity contribution in [2.24, 2.45) is 0 Å². The van der Waals surface area contributed by atoms with E-state index in [1.54, 1.807) is 39.0 Å². The molecular formula is C50H52N6O8. The van der Waals surface area contributed by atoms with Gasteiger partial charge in [0.15, 0.2) is 0 Å². The number of ether oxygens (including phenoxy) is 8. The second kappa shape index (κ2) is 24.9. The Morgan fingerprint density at radius 3 is 0.906 bits per heavy atom. The molecule has 6 heterocycles. The molecule has 0 radical (unpaired) electrons. The van der Waals surface area contributed by atoms with Crippen LogP contribution in [0, 0.1) is 0 Å². The standard InChI is InChI=1S/C50H52N6O8/c1-57-19-21-59-23-25-61-27-29-63-49-35-40(38-33-47(43-13-5-9-17-53-43)56-48(34-38)44-14-6-10-18-54-44)50(64-30-28-62-26-24-60-22-20-58-2)36-39(49)37-31-45(41-11-3-7-15-51-41)55-46(32-37)42-12-4-8-16-52-42/h3-18,31-36H,19-30H2,1-2H3. The van der Waals surface area contributed by atoms with Gasteiger partial charge in [-0.2, -0.15) is 0 Å². The first-order valence-electron chi connectivity index (χ1n) is 21.1. The van der Waals surface area contributed by atoms with Gasteiger partial charge >= 0.3 is 0 Å². The Balaban J connectivity index is 1.33. The summed E-state index contributed by atoms with van der Waals surface area (Å²) in [5.74, 6) is 1.18. The number of hydrogen-bond acceptors (Lipinski definition) is 14. The molecule has 0 atom stereocenters. The number of methoxy groups -OCH3 is 2. The fraction of sp³-hybridized carbons (Fsp3) is 0.280. The van der Waals surface area contributed by atoms with Crippen molar-refractivity contribution in [3.63, 3.8) is 0 Å². The van der Waals surface area contributed by atoms with Gasteiger partial charge in [-0.25, -0.2) is 9.97 Å². The van der Waals surface area contributed by atoms with E-state index in [9.17, 15) is 0 Å². The van der Waals surface area contributed by atoms with Gasteiger partial charge in [-0.1, -0.05) is 24.3 Å². The van der Waals surface area contributed by atoms with Crippen molar-refractivity contribution < 1.29 is 37.9 Å². The summed E-state index contributed by atoms with van der Waals surface area (Å²) < 4.78 is 46.6. The summed E-state index contributed by atoms with van der Waals surface area (Å²) in [6.45, 7) is 4.91. The van der Waals surface area contributed by atoms with E-state index in [0.717, 1.165) is 22.3 Å². The van der Waals surface area contributed by atoms with Gasteiger partial charge in [0.2, 0.25) is 0 Å². The van der Waals surface area contributed by atoms with Gasteiger partial charge in [0.1, 0.15) is 24.7 Å². The van der Waals surface area contributed by atoms with Crippen LogP contribution in [0.3, 0.4) is 0 Å². The highest BCUT2D eigenvalue weighted by Gasteiger charge is 2.21. The summed E-state index contributed by atoms with van der Waals surface area (Å²) in [5, 5.41) is 0. The molecule has 7 rings (SSSR count). The van der Waals surface area contributed by atoms with Crippen LogP contribution in [0.2, 0.25) is 0 Å². The molecule has 0 fully saturated rings. The van der Waals surface area contributed by atoms with Crippen molar-refractivity contribution in [3.8, 4) is 79.3 Å². The number of nitrogens with zero attached hydrogens (tertiary/aromatic N) is 6. The summed E-state index contributed by atoms with van der Waals surface area (Å²) >= 11 is 0. The molecule has 0 spiro atoms. The van der Waals surface area contributed by atoms with E-state index < -0.39 is 0 Å². The molecule has 14 heteroatoms. The Labute approximate surface area is 373 Å². The number of pyridine rings is 6. The predicted molar refractivity (Wildman–Crippen MR) is 244 cm³/mol. The third-order valence-electron chi connectivity index (χ3n) is 9.64. The maximum absolute atomic E-state index is 6.69. The van der Waals surface area contributed by atoms with Crippen molar-refractivity contribution in [3.05, 3.63) is 134 Å². The zero-order valence-electron chi connectivity index (χ0n) is 36.1. The van der Waals surface area contributed by atoms with Crippen LogP contribution in [-0.2, 0) is 28.4 Å². The summed E-state index contributed by atoms with van der Waals surface area (Å²) in [6.07, 6.45) is 7.01. The predicted octanol–water partition coefficient (Wildman–Crippen LogP) is 8.18. The fourth-order valence-electron chi connectivity index (χ4n) is 6.55. The molecule has 0 aliphatic carbocycles. The van der Waals surface area contributed by atoms with Crippen molar-refractivity contribution in [2.45, 2.75) is 0 Å². The van der Waals surface area contributed by atoms with E-state index in [1.807, 2.05) is 109 Å². The van der Waals surface area contributed by atoms with Crippen LogP contribution in [-0.4, -0.2) is 123 Å². The Hall–Kier alpha value is -6.52. The van der Waals surface area contributed by atoms with E-state index in [0.29, 0.717) is 123 Å². The molecule has 330 valence electrons. The van der Waals surface area contributed by atoms with Gasteiger partial charge in [0.05, 0.1) is 112 Å². The molecule has 0 aliphatic rings. The first-order chi connectivity index (χ1) is 31.7. The number of hydrogen-bond donors (Lipinski definition) is 0. The summed E-state index contributed by atoms with van der Waals surface area (Å²) in [4.78, 5) is 28.6. The zero-order valence-corrected chi connectivity index (χ0v) is 36.1. The normalized spacial score (nSPS) is 11.2. The van der Waals surface area contributed by atoms with Crippen LogP contribution in [0.25, 0.3) is 67.8 Å². The maximum atomic E-state index is 6.69. The topological polar surface area (TPSA) is 151 Å².